The predicted octanol–water partition coefficient (Wildman–Crippen LogP) is 1.35. The number of hydrogen-bond donors (Lipinski definition) is 2. The molecular formula is C15H23N3O4S. The Morgan fingerprint density at radius 2 is 1.87 bits per heavy atom. The quantitative estimate of drug-likeness (QED) is 0.543. The van der Waals surface area contributed by atoms with Crippen molar-refractivity contribution in [2.45, 2.75) is 44.3 Å². The van der Waals surface area contributed by atoms with Crippen molar-refractivity contribution in [3.05, 3.63) is 17.0 Å². The summed E-state index contributed by atoms with van der Waals surface area (Å²) in [5, 5.41) is 12.4. The van der Waals surface area contributed by atoms with Crippen molar-refractivity contribution in [3.63, 3.8) is 0 Å². The summed E-state index contributed by atoms with van der Waals surface area (Å²) < 4.78 is 4.88. The van der Waals surface area contributed by atoms with Crippen LogP contribution in [0.25, 0.3) is 0 Å². The van der Waals surface area contributed by atoms with Crippen LogP contribution in [-0.2, 0) is 20.7 Å². The number of rotatable bonds is 8. The number of amides is 1. The van der Waals surface area contributed by atoms with E-state index in [9.17, 15) is 14.7 Å². The molecule has 0 aliphatic heterocycles. The van der Waals surface area contributed by atoms with E-state index in [4.69, 9.17) is 4.74 Å². The molecule has 128 valence electrons. The molecular weight excluding hydrogens is 318 g/mol. The van der Waals surface area contributed by atoms with Crippen molar-refractivity contribution in [3.8, 4) is 0 Å². The van der Waals surface area contributed by atoms with Crippen LogP contribution in [0.1, 0.15) is 30.3 Å². The minimum absolute atomic E-state index is 0.0995. The molecule has 0 radical (unpaired) electrons. The summed E-state index contributed by atoms with van der Waals surface area (Å²) in [6.07, 6.45) is 2.53. The lowest BCUT2D eigenvalue weighted by Crippen LogP contribution is -2.55. The van der Waals surface area contributed by atoms with Crippen molar-refractivity contribution in [1.82, 2.24) is 15.3 Å². The van der Waals surface area contributed by atoms with Gasteiger partial charge in [-0.25, -0.2) is 14.8 Å². The van der Waals surface area contributed by atoms with Crippen molar-refractivity contribution >= 4 is 23.6 Å². The van der Waals surface area contributed by atoms with Crippen molar-refractivity contribution in [1.29, 1.82) is 0 Å². The molecule has 1 aromatic heterocycles. The molecule has 1 atom stereocenters. The summed E-state index contributed by atoms with van der Waals surface area (Å²) in [6, 6.07) is 0. The Morgan fingerprint density at radius 1 is 1.30 bits per heavy atom. The average molecular weight is 341 g/mol. The largest absolute Gasteiger partial charge is 0.479 e. The third-order valence-corrected chi connectivity index (χ3v) is 4.05. The zero-order valence-corrected chi connectivity index (χ0v) is 14.9. The van der Waals surface area contributed by atoms with E-state index in [2.05, 4.69) is 15.3 Å². The van der Waals surface area contributed by atoms with Crippen molar-refractivity contribution < 1.29 is 19.4 Å². The predicted molar refractivity (Wildman–Crippen MR) is 87.7 cm³/mol. The number of carboxylic acids is 1. The fourth-order valence-corrected chi connectivity index (χ4v) is 2.67. The van der Waals surface area contributed by atoms with Crippen LogP contribution < -0.4 is 5.32 Å². The van der Waals surface area contributed by atoms with E-state index in [1.54, 1.807) is 0 Å². The molecule has 1 rings (SSSR count). The van der Waals surface area contributed by atoms with E-state index < -0.39 is 11.5 Å². The molecule has 7 nitrogen and oxygen atoms in total. The van der Waals surface area contributed by atoms with Crippen LogP contribution in [0.3, 0.4) is 0 Å². The second-order valence-electron chi connectivity index (χ2n) is 5.48. The summed E-state index contributed by atoms with van der Waals surface area (Å²) >= 11 is 1.47. The van der Waals surface area contributed by atoms with Gasteiger partial charge in [0.05, 0.1) is 6.61 Å². The van der Waals surface area contributed by atoms with E-state index >= 15 is 0 Å². The fourth-order valence-electron chi connectivity index (χ4n) is 2.21. The molecule has 0 spiro atoms. The van der Waals surface area contributed by atoms with Crippen molar-refractivity contribution in [2.75, 3.05) is 20.0 Å². The van der Waals surface area contributed by atoms with Gasteiger partial charge in [0.15, 0.2) is 10.7 Å². The number of ether oxygens (including phenoxy) is 1. The molecule has 2 N–H and O–H groups in total. The summed E-state index contributed by atoms with van der Waals surface area (Å²) in [5.41, 5.74) is 1.16. The number of hydrogen-bond acceptors (Lipinski definition) is 6. The SMILES string of the molecule is COCC(C)(NC(=O)CCc1c(C)nc(SC)nc1C)C(=O)O. The monoisotopic (exact) mass is 341 g/mol. The zero-order valence-electron chi connectivity index (χ0n) is 14.1. The van der Waals surface area contributed by atoms with Gasteiger partial charge in [0.2, 0.25) is 5.91 Å². The standard InChI is InChI=1S/C15H23N3O4S/c1-9-11(10(2)17-14(16-9)23-5)6-7-12(19)18-15(3,8-22-4)13(20)21/h6-8H2,1-5H3,(H,18,19)(H,20,21). The first-order valence-electron chi connectivity index (χ1n) is 7.15. The molecule has 1 aromatic rings. The van der Waals surface area contributed by atoms with Gasteiger partial charge in [0, 0.05) is 24.9 Å². The summed E-state index contributed by atoms with van der Waals surface area (Å²) in [7, 11) is 1.39. The Kier molecular flexibility index (Phi) is 6.96. The number of aromatic nitrogens is 2. The van der Waals surface area contributed by atoms with Crippen LogP contribution in [0.15, 0.2) is 5.16 Å². The number of thioether (sulfide) groups is 1. The molecule has 0 fully saturated rings. The van der Waals surface area contributed by atoms with Crippen LogP contribution >= 0.6 is 11.8 Å². The molecule has 0 saturated heterocycles. The number of carbonyl (C=O) groups is 2. The van der Waals surface area contributed by atoms with Gasteiger partial charge in [-0.1, -0.05) is 11.8 Å². The molecule has 8 heteroatoms. The average Bonchev–Trinajstić information content (AvgIpc) is 2.46. The summed E-state index contributed by atoms with van der Waals surface area (Å²) in [4.78, 5) is 32.1. The van der Waals surface area contributed by atoms with Gasteiger partial charge in [-0.15, -0.1) is 0 Å². The molecule has 0 aromatic carbocycles. The van der Waals surface area contributed by atoms with Crippen LogP contribution in [-0.4, -0.2) is 52.5 Å². The molecule has 0 aliphatic carbocycles. The zero-order chi connectivity index (χ0) is 17.6. The number of carbonyl (C=O) groups excluding carboxylic acids is 1. The van der Waals surface area contributed by atoms with Gasteiger partial charge in [0.1, 0.15) is 0 Å². The molecule has 23 heavy (non-hydrogen) atoms. The maximum Gasteiger partial charge on any atom is 0.331 e. The third-order valence-electron chi connectivity index (χ3n) is 3.51. The minimum Gasteiger partial charge on any atom is -0.479 e. The molecule has 0 bridgehead atoms. The Morgan fingerprint density at radius 3 is 2.30 bits per heavy atom. The molecule has 0 aliphatic rings. The maximum absolute atomic E-state index is 12.1. The molecule has 1 heterocycles. The minimum atomic E-state index is -1.44. The van der Waals surface area contributed by atoms with Crippen LogP contribution in [0, 0.1) is 13.8 Å². The summed E-state index contributed by atoms with van der Waals surface area (Å²) in [5.74, 6) is -1.48. The lowest BCUT2D eigenvalue weighted by molar-refractivity contribution is -0.149. The Balaban J connectivity index is 2.75. The Bertz CT molecular complexity index is 571. The number of carboxylic acid groups (broad SMARTS) is 1. The maximum atomic E-state index is 12.1. The van der Waals surface area contributed by atoms with Crippen LogP contribution in [0.4, 0.5) is 0 Å². The first-order chi connectivity index (χ1) is 10.7. The first kappa shape index (κ1) is 19.4. The number of nitrogens with zero attached hydrogens (tertiary/aromatic N) is 2. The number of methoxy groups -OCH3 is 1. The van der Waals surface area contributed by atoms with Crippen molar-refractivity contribution in [2.24, 2.45) is 0 Å². The second-order valence-corrected chi connectivity index (χ2v) is 6.25. The Labute approximate surface area is 140 Å². The number of nitrogens with one attached hydrogen (secondary N) is 1. The van der Waals surface area contributed by atoms with Gasteiger partial charge in [0.25, 0.3) is 0 Å². The summed E-state index contributed by atoms with van der Waals surface area (Å²) in [6.45, 7) is 5.09. The van der Waals surface area contributed by atoms with E-state index in [0.717, 1.165) is 17.0 Å². The fraction of sp³-hybridized carbons (Fsp3) is 0.600. The van der Waals surface area contributed by atoms with E-state index in [1.165, 1.54) is 25.8 Å². The third kappa shape index (κ3) is 5.18. The van der Waals surface area contributed by atoms with E-state index in [1.807, 2.05) is 20.1 Å². The highest BCUT2D eigenvalue weighted by molar-refractivity contribution is 7.98. The van der Waals surface area contributed by atoms with Gasteiger partial charge in [-0.05, 0) is 39.0 Å². The van der Waals surface area contributed by atoms with E-state index in [-0.39, 0.29) is 18.9 Å². The number of aliphatic carboxylic acids is 1. The normalized spacial score (nSPS) is 13.4. The Hall–Kier alpha value is -1.67. The first-order valence-corrected chi connectivity index (χ1v) is 8.37. The topological polar surface area (TPSA) is 101 Å². The van der Waals surface area contributed by atoms with E-state index in [0.29, 0.717) is 11.6 Å². The highest BCUT2D eigenvalue weighted by atomic mass is 32.2. The number of aryl methyl sites for hydroxylation is 2. The highest BCUT2D eigenvalue weighted by Crippen LogP contribution is 2.17. The molecule has 1 unspecified atom stereocenters. The molecule has 0 saturated carbocycles. The second kappa shape index (κ2) is 8.26. The lowest BCUT2D eigenvalue weighted by Gasteiger charge is -2.25. The van der Waals surface area contributed by atoms with Gasteiger partial charge in [-0.2, -0.15) is 0 Å². The van der Waals surface area contributed by atoms with Gasteiger partial charge < -0.3 is 15.2 Å². The molecule has 1 amide bonds. The smallest absolute Gasteiger partial charge is 0.331 e. The van der Waals surface area contributed by atoms with Gasteiger partial charge in [-0.3, -0.25) is 4.79 Å². The lowest BCUT2D eigenvalue weighted by atomic mass is 10.0. The van der Waals surface area contributed by atoms with Crippen LogP contribution in [0.5, 0.6) is 0 Å². The van der Waals surface area contributed by atoms with Gasteiger partial charge >= 0.3 is 5.97 Å². The van der Waals surface area contributed by atoms with Crippen LogP contribution in [0.2, 0.25) is 0 Å². The highest BCUT2D eigenvalue weighted by Gasteiger charge is 2.34.